The Bertz CT molecular complexity index is 772. The third kappa shape index (κ3) is 2.76. The van der Waals surface area contributed by atoms with Crippen LogP contribution in [0.15, 0.2) is 37.1 Å². The molecule has 0 saturated carbocycles. The molecule has 0 saturated heterocycles. The lowest BCUT2D eigenvalue weighted by molar-refractivity contribution is 0.0945. The first-order valence-electron chi connectivity index (χ1n) is 6.74. The average Bonchev–Trinajstić information content (AvgIpc) is 3.12. The predicted octanol–water partition coefficient (Wildman–Crippen LogP) is 1.44. The van der Waals surface area contributed by atoms with Crippen molar-refractivity contribution in [1.29, 1.82) is 0 Å². The highest BCUT2D eigenvalue weighted by Gasteiger charge is 2.10. The molecule has 3 rings (SSSR count). The zero-order chi connectivity index (χ0) is 14.8. The molecule has 0 aliphatic rings. The average molecular weight is 284 g/mol. The summed E-state index contributed by atoms with van der Waals surface area (Å²) in [6.07, 6.45) is 8.90. The topological polar surface area (TPSA) is 77.1 Å². The zero-order valence-electron chi connectivity index (χ0n) is 11.9. The lowest BCUT2D eigenvalue weighted by atomic mass is 10.3. The van der Waals surface area contributed by atoms with E-state index in [4.69, 9.17) is 0 Å². The van der Waals surface area contributed by atoms with E-state index in [1.807, 2.05) is 30.6 Å². The molecule has 1 N–H and O–H groups in total. The van der Waals surface area contributed by atoms with Crippen molar-refractivity contribution in [3.05, 3.63) is 48.3 Å². The molecular formula is C14H16N6O. The number of nitrogens with zero attached hydrogens (tertiary/aromatic N) is 5. The number of fused-ring (bicyclic) bond motifs is 1. The van der Waals surface area contributed by atoms with Gasteiger partial charge in [-0.25, -0.2) is 9.97 Å². The number of nitrogens with one attached hydrogen (secondary N) is 1. The molecule has 0 fully saturated rings. The molecule has 7 heteroatoms. The van der Waals surface area contributed by atoms with Crippen LogP contribution in [0.25, 0.3) is 5.78 Å². The Morgan fingerprint density at radius 1 is 1.33 bits per heavy atom. The number of carbonyl (C=O) groups excluding carboxylic acids is 1. The number of hydrogen-bond donors (Lipinski definition) is 1. The normalized spacial score (nSPS) is 11.2. The van der Waals surface area contributed by atoms with Gasteiger partial charge in [0.1, 0.15) is 5.69 Å². The number of aromatic nitrogens is 5. The Labute approximate surface area is 121 Å². The summed E-state index contributed by atoms with van der Waals surface area (Å²) in [5.41, 5.74) is 1.32. The van der Waals surface area contributed by atoms with Gasteiger partial charge < -0.3 is 5.32 Å². The van der Waals surface area contributed by atoms with Crippen molar-refractivity contribution < 1.29 is 4.79 Å². The molecule has 0 atom stereocenters. The summed E-state index contributed by atoms with van der Waals surface area (Å²) >= 11 is 0. The number of carbonyl (C=O) groups is 1. The monoisotopic (exact) mass is 284 g/mol. The molecule has 0 aromatic carbocycles. The summed E-state index contributed by atoms with van der Waals surface area (Å²) in [5.74, 6) is 0.445. The molecule has 0 bridgehead atoms. The van der Waals surface area contributed by atoms with E-state index in [-0.39, 0.29) is 11.9 Å². The van der Waals surface area contributed by atoms with Crippen molar-refractivity contribution in [2.24, 2.45) is 0 Å². The van der Waals surface area contributed by atoms with Crippen LogP contribution in [0.3, 0.4) is 0 Å². The van der Waals surface area contributed by atoms with Crippen LogP contribution in [0, 0.1) is 0 Å². The van der Waals surface area contributed by atoms with E-state index in [2.05, 4.69) is 20.4 Å². The van der Waals surface area contributed by atoms with Gasteiger partial charge in [0.25, 0.3) is 5.91 Å². The van der Waals surface area contributed by atoms with Crippen LogP contribution >= 0.6 is 0 Å². The van der Waals surface area contributed by atoms with Crippen LogP contribution in [0.5, 0.6) is 0 Å². The Morgan fingerprint density at radius 2 is 2.19 bits per heavy atom. The molecule has 3 aromatic heterocycles. The molecule has 1 amide bonds. The molecule has 21 heavy (non-hydrogen) atoms. The minimum Gasteiger partial charge on any atom is -0.346 e. The van der Waals surface area contributed by atoms with Gasteiger partial charge in [0.05, 0.1) is 0 Å². The van der Waals surface area contributed by atoms with Crippen LogP contribution in [-0.2, 0) is 6.54 Å². The summed E-state index contributed by atoms with van der Waals surface area (Å²) in [6, 6.07) is 1.95. The van der Waals surface area contributed by atoms with Crippen LogP contribution < -0.4 is 5.32 Å². The maximum absolute atomic E-state index is 12.0. The SMILES string of the molecule is CC(C)n1ccc(C(=O)NCc2cnc3nccn3c2)n1. The highest BCUT2D eigenvalue weighted by atomic mass is 16.1. The molecule has 3 heterocycles. The first kappa shape index (κ1) is 13.3. The van der Waals surface area contributed by atoms with Gasteiger partial charge in [-0.3, -0.25) is 13.9 Å². The van der Waals surface area contributed by atoms with Gasteiger partial charge in [0, 0.05) is 49.1 Å². The van der Waals surface area contributed by atoms with Crippen LogP contribution in [-0.4, -0.2) is 30.1 Å². The number of imidazole rings is 1. The maximum Gasteiger partial charge on any atom is 0.272 e. The van der Waals surface area contributed by atoms with Crippen molar-refractivity contribution in [2.45, 2.75) is 26.4 Å². The second kappa shape index (κ2) is 5.35. The smallest absolute Gasteiger partial charge is 0.272 e. The summed E-state index contributed by atoms with van der Waals surface area (Å²) < 4.78 is 3.57. The van der Waals surface area contributed by atoms with E-state index in [9.17, 15) is 4.79 Å². The molecular weight excluding hydrogens is 268 g/mol. The predicted molar refractivity (Wildman–Crippen MR) is 76.8 cm³/mol. The van der Waals surface area contributed by atoms with E-state index >= 15 is 0 Å². The van der Waals surface area contributed by atoms with Crippen LogP contribution in [0.4, 0.5) is 0 Å². The number of rotatable bonds is 4. The molecule has 0 unspecified atom stereocenters. The summed E-state index contributed by atoms with van der Waals surface area (Å²) in [7, 11) is 0. The highest BCUT2D eigenvalue weighted by Crippen LogP contribution is 2.05. The van der Waals surface area contributed by atoms with E-state index < -0.39 is 0 Å². The number of amides is 1. The summed E-state index contributed by atoms with van der Waals surface area (Å²) in [4.78, 5) is 20.3. The standard InChI is InChI=1S/C14H16N6O/c1-10(2)20-5-3-12(18-20)13(21)16-7-11-8-17-14-15-4-6-19(14)9-11/h3-6,8-10H,7H2,1-2H3,(H,16,21). The van der Waals surface area contributed by atoms with Gasteiger partial charge in [0.2, 0.25) is 5.78 Å². The second-order valence-electron chi connectivity index (χ2n) is 5.05. The fourth-order valence-electron chi connectivity index (χ4n) is 1.97. The molecule has 3 aromatic rings. The van der Waals surface area contributed by atoms with Crippen molar-refractivity contribution in [2.75, 3.05) is 0 Å². The third-order valence-corrected chi connectivity index (χ3v) is 3.12. The Morgan fingerprint density at radius 3 is 2.95 bits per heavy atom. The van der Waals surface area contributed by atoms with E-state index in [1.54, 1.807) is 29.3 Å². The molecule has 108 valence electrons. The van der Waals surface area contributed by atoms with Gasteiger partial charge in [-0.1, -0.05) is 0 Å². The van der Waals surface area contributed by atoms with Crippen molar-refractivity contribution >= 4 is 11.7 Å². The minimum absolute atomic E-state index is 0.194. The largest absolute Gasteiger partial charge is 0.346 e. The van der Waals surface area contributed by atoms with E-state index in [1.165, 1.54) is 0 Å². The minimum atomic E-state index is -0.194. The third-order valence-electron chi connectivity index (χ3n) is 3.12. The fraction of sp³-hybridized carbons (Fsp3) is 0.286. The van der Waals surface area contributed by atoms with E-state index in [0.29, 0.717) is 18.0 Å². The van der Waals surface area contributed by atoms with Crippen LogP contribution in [0.2, 0.25) is 0 Å². The van der Waals surface area contributed by atoms with Gasteiger partial charge in [-0.2, -0.15) is 5.10 Å². The summed E-state index contributed by atoms with van der Waals surface area (Å²) in [6.45, 7) is 4.43. The van der Waals surface area contributed by atoms with E-state index in [0.717, 1.165) is 5.56 Å². The van der Waals surface area contributed by atoms with Crippen molar-refractivity contribution in [3.63, 3.8) is 0 Å². The lowest BCUT2D eigenvalue weighted by Gasteiger charge is -2.05. The molecule has 0 radical (unpaired) electrons. The Hall–Kier alpha value is -2.70. The van der Waals surface area contributed by atoms with Crippen molar-refractivity contribution in [1.82, 2.24) is 29.5 Å². The first-order valence-corrected chi connectivity index (χ1v) is 6.74. The van der Waals surface area contributed by atoms with Crippen LogP contribution in [0.1, 0.15) is 35.9 Å². The Kier molecular flexibility index (Phi) is 3.39. The lowest BCUT2D eigenvalue weighted by Crippen LogP contribution is -2.23. The molecule has 0 aliphatic carbocycles. The zero-order valence-corrected chi connectivity index (χ0v) is 11.9. The van der Waals surface area contributed by atoms with Gasteiger partial charge in [0.15, 0.2) is 0 Å². The van der Waals surface area contributed by atoms with Gasteiger partial charge in [-0.15, -0.1) is 0 Å². The Balaban J connectivity index is 1.67. The quantitative estimate of drug-likeness (QED) is 0.786. The second-order valence-corrected chi connectivity index (χ2v) is 5.05. The summed E-state index contributed by atoms with van der Waals surface area (Å²) in [5, 5.41) is 7.07. The number of hydrogen-bond acceptors (Lipinski definition) is 4. The molecule has 0 spiro atoms. The van der Waals surface area contributed by atoms with Gasteiger partial charge >= 0.3 is 0 Å². The highest BCUT2D eigenvalue weighted by molar-refractivity contribution is 5.92. The fourth-order valence-corrected chi connectivity index (χ4v) is 1.97. The van der Waals surface area contributed by atoms with Crippen molar-refractivity contribution in [3.8, 4) is 0 Å². The molecule has 7 nitrogen and oxygen atoms in total. The first-order chi connectivity index (χ1) is 10.1. The maximum atomic E-state index is 12.0. The van der Waals surface area contributed by atoms with Gasteiger partial charge in [-0.05, 0) is 19.9 Å². The molecule has 0 aliphatic heterocycles.